The molecule has 42 atom stereocenters. The van der Waals surface area contributed by atoms with Crippen LogP contribution in [0.25, 0.3) is 0 Å². The predicted molar refractivity (Wildman–Crippen MR) is 274 cm³/mol. The minimum atomic E-state index is -2.48. The first-order valence-electron chi connectivity index (χ1n) is 29.4. The summed E-state index contributed by atoms with van der Waals surface area (Å²) < 4.78 is 96.3. The molecule has 0 aromatic carbocycles. The van der Waals surface area contributed by atoms with Crippen molar-refractivity contribution in [1.82, 2.24) is 0 Å². The zero-order chi connectivity index (χ0) is 67.9. The zero-order valence-electron chi connectivity index (χ0n) is 48.5. The fourth-order valence-corrected chi connectivity index (χ4v) is 11.5. The van der Waals surface area contributed by atoms with Crippen molar-refractivity contribution in [3.63, 3.8) is 0 Å². The molecule has 9 rings (SSSR count). The van der Waals surface area contributed by atoms with Gasteiger partial charge in [-0.25, -0.2) is 0 Å². The van der Waals surface area contributed by atoms with E-state index in [2.05, 4.69) is 0 Å². The fraction of sp³-hybridized carbons (Fsp3) is 1.00. The Bertz CT molecular complexity index is 2270. The molecule has 26 N–H and O–H groups in total. The third-order valence-corrected chi connectivity index (χ3v) is 17.2. The lowest BCUT2D eigenvalue weighted by atomic mass is 9.95. The summed E-state index contributed by atoms with van der Waals surface area (Å²) >= 11 is 0. The number of ether oxygens (including phenoxy) is 17. The number of hydrogen-bond acceptors (Lipinski definition) is 43. The van der Waals surface area contributed by atoms with Crippen molar-refractivity contribution in [2.24, 2.45) is 0 Å². The highest BCUT2D eigenvalue weighted by Gasteiger charge is 2.58. The normalized spacial score (nSPS) is 54.4. The molecule has 43 heteroatoms. The van der Waals surface area contributed by atoms with Crippen molar-refractivity contribution >= 4 is 0 Å². The van der Waals surface area contributed by atoms with Crippen LogP contribution in [0, 0.1) is 0 Å². The van der Waals surface area contributed by atoms with E-state index in [1.165, 1.54) is 0 Å². The molecule has 0 radical (unpaired) electrons. The lowest BCUT2D eigenvalue weighted by molar-refractivity contribution is -0.402. The molecule has 0 amide bonds. The molecule has 0 saturated carbocycles. The van der Waals surface area contributed by atoms with Gasteiger partial charge in [-0.2, -0.15) is 0 Å². The van der Waals surface area contributed by atoms with Crippen LogP contribution in [0.1, 0.15) is 0 Å². The smallest absolute Gasteiger partial charge is 0.187 e. The first-order valence-corrected chi connectivity index (χ1v) is 29.4. The molecule has 93 heavy (non-hydrogen) atoms. The topological polar surface area (TPSA) is 683 Å². The molecule has 43 nitrogen and oxygen atoms in total. The second-order valence-corrected chi connectivity index (χ2v) is 23.6. The molecule has 0 bridgehead atoms. The maximum absolute atomic E-state index is 12.1. The quantitative estimate of drug-likeness (QED) is 0.0507. The van der Waals surface area contributed by atoms with E-state index in [9.17, 15) is 133 Å². The summed E-state index contributed by atoms with van der Waals surface area (Å²) in [5, 5.41) is 280. The van der Waals surface area contributed by atoms with Crippen molar-refractivity contribution in [3.05, 3.63) is 0 Å². The van der Waals surface area contributed by atoms with E-state index in [0.717, 1.165) is 0 Å². The molecule has 0 aliphatic carbocycles. The highest BCUT2D eigenvalue weighted by molar-refractivity contribution is 5.00. The van der Waals surface area contributed by atoms with Gasteiger partial charge in [0.15, 0.2) is 62.9 Å². The summed E-state index contributed by atoms with van der Waals surface area (Å²) in [4.78, 5) is 0. The van der Waals surface area contributed by atoms with Gasteiger partial charge in [-0.3, -0.25) is 0 Å². The van der Waals surface area contributed by atoms with Crippen LogP contribution in [0.15, 0.2) is 0 Å². The average molecular weight is 1370 g/mol. The van der Waals surface area contributed by atoms with Gasteiger partial charge in [0.05, 0.1) is 52.9 Å². The Balaban J connectivity index is 0.999. The van der Waals surface area contributed by atoms with Crippen LogP contribution in [0.5, 0.6) is 0 Å². The molecule has 9 heterocycles. The second-order valence-electron chi connectivity index (χ2n) is 23.6. The van der Waals surface area contributed by atoms with E-state index in [1.54, 1.807) is 0 Å². The molecule has 9 fully saturated rings. The maximum Gasteiger partial charge on any atom is 0.187 e. The standard InChI is InChI=1S/C50H84O43/c51-1-12-20(59)23(62)31(70)44(83-12)91-39-18(57)10(54)4-78-49(39)81-7-15-36(88-46-33(72)25(64)22(61)14(85-46)6-80-43-30(69)17(56)9(53)3-77-43)27(66)34(73)47(86-15)89-37-16(87-48(35(74)28(37)67)90-38-26(65)29(68)41(75)93-42(38)76)8-82-50-40(19(58)11(55)5-79-50)92-45-32(71)24(63)21(60)13(2-52)84-45/h9-76H,1-8H2/t9-,10-,11-,12?,13?,14?,15+,16?,17-,18?,19-,20-,21-,22-,23-,24-,25-,26?,27?,28+,29?,30?,31?,32?,33?,34?,35?,36+,37-,38-,39?,40?,41-,42-,43-,44-,45-,46-,47+,48-,49-,50-/m0/s1. The molecular formula is C50H84O43. The van der Waals surface area contributed by atoms with Crippen LogP contribution >= 0.6 is 0 Å². The summed E-state index contributed by atoms with van der Waals surface area (Å²) in [5.41, 5.74) is 0. The zero-order valence-corrected chi connectivity index (χ0v) is 48.5. The Kier molecular flexibility index (Phi) is 26.2. The van der Waals surface area contributed by atoms with E-state index in [-0.39, 0.29) is 0 Å². The third kappa shape index (κ3) is 16.2. The van der Waals surface area contributed by atoms with Crippen LogP contribution in [0.4, 0.5) is 0 Å². The first-order chi connectivity index (χ1) is 44.0. The van der Waals surface area contributed by atoms with Gasteiger partial charge >= 0.3 is 0 Å². The van der Waals surface area contributed by atoms with Gasteiger partial charge in [0.25, 0.3) is 0 Å². The lowest BCUT2D eigenvalue weighted by Gasteiger charge is -2.49. The molecular weight excluding hydrogens is 1290 g/mol. The van der Waals surface area contributed by atoms with Gasteiger partial charge in [0.1, 0.15) is 195 Å². The Morgan fingerprint density at radius 2 is 0.516 bits per heavy atom. The Labute approximate surface area is 523 Å². The van der Waals surface area contributed by atoms with Crippen LogP contribution < -0.4 is 0 Å². The summed E-state index contributed by atoms with van der Waals surface area (Å²) in [5.74, 6) is 0. The van der Waals surface area contributed by atoms with Crippen molar-refractivity contribution in [2.75, 3.05) is 52.9 Å². The van der Waals surface area contributed by atoms with Crippen molar-refractivity contribution < 1.29 is 213 Å². The Morgan fingerprint density at radius 3 is 0.925 bits per heavy atom. The second kappa shape index (κ2) is 32.3. The molecule has 0 spiro atoms. The van der Waals surface area contributed by atoms with E-state index < -0.39 is 311 Å². The largest absolute Gasteiger partial charge is 0.394 e. The number of aliphatic hydroxyl groups excluding tert-OH is 26. The highest BCUT2D eigenvalue weighted by Crippen LogP contribution is 2.38. The first kappa shape index (κ1) is 75.5. The SMILES string of the molecule is OCC1O[C@@H](OC2C(O)[C@@H](O)CO[C@H]2OC[C@H]2O[C@H](O[C@H]3C(CO[C@@H]4OC[C@H](O)[C@H](O)C4O[C@@H]4OC(CO)[C@H](O)[C@H](O)C4O)O[C@@H](O[C@H]4C(O)C(O)[C@@H](O)O[C@@H]4O)C(O)[C@H]3O)C(O)C(O)[C@@H]2O[C@@H]2OC(CO[C@@H]3OC[C@H](O)[C@H](O)C3O)[C@H](O)[C@H](O)C2O)C(O)[C@@H](O)[C@H]1O. The minimum Gasteiger partial charge on any atom is -0.394 e. The predicted octanol–water partition coefficient (Wildman–Crippen LogP) is -18.8. The lowest BCUT2D eigenvalue weighted by Crippen LogP contribution is -2.68. The molecule has 9 aliphatic rings. The van der Waals surface area contributed by atoms with Crippen molar-refractivity contribution in [1.29, 1.82) is 0 Å². The summed E-state index contributed by atoms with van der Waals surface area (Å²) in [6.07, 6.45) is -85.7. The maximum atomic E-state index is 12.1. The van der Waals surface area contributed by atoms with Crippen molar-refractivity contribution in [2.45, 2.75) is 258 Å². The van der Waals surface area contributed by atoms with Crippen molar-refractivity contribution in [3.8, 4) is 0 Å². The average Bonchev–Trinajstić information content (AvgIpc) is 0.790. The van der Waals surface area contributed by atoms with Crippen LogP contribution in [-0.2, 0) is 80.5 Å². The summed E-state index contributed by atoms with van der Waals surface area (Å²) in [7, 11) is 0. The summed E-state index contributed by atoms with van der Waals surface area (Å²) in [6.45, 7) is -6.84. The monoisotopic (exact) mass is 1370 g/mol. The highest BCUT2D eigenvalue weighted by atomic mass is 16.8. The molecule has 16 unspecified atom stereocenters. The number of aliphatic hydroxyl groups is 26. The molecule has 0 aromatic heterocycles. The van der Waals surface area contributed by atoms with E-state index in [1.807, 2.05) is 0 Å². The van der Waals surface area contributed by atoms with Gasteiger partial charge in [-0.15, -0.1) is 0 Å². The Morgan fingerprint density at radius 1 is 0.226 bits per heavy atom. The minimum absolute atomic E-state index is 0.535. The van der Waals surface area contributed by atoms with Crippen LogP contribution in [0.3, 0.4) is 0 Å². The van der Waals surface area contributed by atoms with E-state index >= 15 is 0 Å². The number of hydrogen-bond donors (Lipinski definition) is 26. The van der Waals surface area contributed by atoms with Crippen LogP contribution in [0.2, 0.25) is 0 Å². The fourth-order valence-electron chi connectivity index (χ4n) is 11.5. The number of rotatable bonds is 21. The molecule has 9 aliphatic heterocycles. The third-order valence-electron chi connectivity index (χ3n) is 17.2. The van der Waals surface area contributed by atoms with Gasteiger partial charge in [-0.05, 0) is 0 Å². The molecule has 0 aromatic rings. The van der Waals surface area contributed by atoms with Gasteiger partial charge in [0, 0.05) is 0 Å². The van der Waals surface area contributed by atoms with Gasteiger partial charge in [0.2, 0.25) is 0 Å². The van der Waals surface area contributed by atoms with E-state index in [4.69, 9.17) is 80.5 Å². The van der Waals surface area contributed by atoms with Crippen LogP contribution in [-0.4, -0.2) is 444 Å². The van der Waals surface area contributed by atoms with Gasteiger partial charge < -0.3 is 213 Å². The molecule has 9 saturated heterocycles. The van der Waals surface area contributed by atoms with Gasteiger partial charge in [-0.1, -0.05) is 0 Å². The molecule has 542 valence electrons. The Hall–Kier alpha value is -1.72. The van der Waals surface area contributed by atoms with E-state index in [0.29, 0.717) is 0 Å². The summed E-state index contributed by atoms with van der Waals surface area (Å²) in [6, 6.07) is 0.